The van der Waals surface area contributed by atoms with Crippen LogP contribution in [-0.2, 0) is 28.6 Å². The molecule has 0 radical (unpaired) electrons. The second-order valence-electron chi connectivity index (χ2n) is 16.5. The number of hydrogen-bond acceptors (Lipinski definition) is 6. The van der Waals surface area contributed by atoms with Gasteiger partial charge < -0.3 is 14.2 Å². The van der Waals surface area contributed by atoms with Crippen molar-refractivity contribution >= 4 is 17.9 Å². The highest BCUT2D eigenvalue weighted by atomic mass is 16.6. The van der Waals surface area contributed by atoms with Crippen molar-refractivity contribution in [2.45, 2.75) is 259 Å². The zero-order valence-corrected chi connectivity index (χ0v) is 36.1. The largest absolute Gasteiger partial charge is 0.462 e. The van der Waals surface area contributed by atoms with Crippen LogP contribution in [-0.4, -0.2) is 37.2 Å². The summed E-state index contributed by atoms with van der Waals surface area (Å²) in [5.74, 6) is 0.855. The molecule has 0 spiro atoms. The van der Waals surface area contributed by atoms with E-state index < -0.39 is 6.10 Å². The molecule has 0 aliphatic heterocycles. The van der Waals surface area contributed by atoms with Crippen molar-refractivity contribution < 1.29 is 28.6 Å². The van der Waals surface area contributed by atoms with Gasteiger partial charge in [0.25, 0.3) is 0 Å². The quantitative estimate of drug-likeness (QED) is 0.0352. The van der Waals surface area contributed by atoms with Gasteiger partial charge >= 0.3 is 17.9 Å². The number of esters is 3. The molecule has 6 heteroatoms. The van der Waals surface area contributed by atoms with Crippen molar-refractivity contribution in [3.8, 4) is 0 Å². The molecule has 0 amide bonds. The minimum atomic E-state index is -0.760. The number of unbranched alkanes of at least 4 members (excludes halogenated alkanes) is 24. The first-order chi connectivity index (χ1) is 25.8. The van der Waals surface area contributed by atoms with Crippen molar-refractivity contribution in [3.63, 3.8) is 0 Å². The minimum absolute atomic E-state index is 0.0652. The zero-order valence-electron chi connectivity index (χ0n) is 36.1. The maximum Gasteiger partial charge on any atom is 0.306 e. The molecule has 6 nitrogen and oxygen atoms in total. The molecule has 0 aliphatic carbocycles. The molecule has 0 bridgehead atoms. The molecule has 0 saturated carbocycles. The number of carbonyl (C=O) groups is 3. The standard InChI is InChI=1S/C47H90O6/c1-6-9-10-11-12-15-22-27-32-37-45(48)51-40-44(53-47(50)39-34-29-24-19-18-21-26-31-36-43(5)8-3)41-52-46(49)38-33-28-23-17-14-13-16-20-25-30-35-42(4)7-2/h42-44H,6-41H2,1-5H3/t42?,43?,44-/m0/s1. The van der Waals surface area contributed by atoms with Crippen molar-refractivity contribution in [3.05, 3.63) is 0 Å². The van der Waals surface area contributed by atoms with Gasteiger partial charge in [-0.05, 0) is 31.1 Å². The van der Waals surface area contributed by atoms with Gasteiger partial charge in [-0.1, -0.05) is 214 Å². The van der Waals surface area contributed by atoms with Crippen LogP contribution in [0.4, 0.5) is 0 Å². The first-order valence-corrected chi connectivity index (χ1v) is 23.3. The maximum absolute atomic E-state index is 12.7. The van der Waals surface area contributed by atoms with E-state index in [1.54, 1.807) is 0 Å². The van der Waals surface area contributed by atoms with Crippen molar-refractivity contribution in [1.29, 1.82) is 0 Å². The summed E-state index contributed by atoms with van der Waals surface area (Å²) < 4.78 is 16.7. The Morgan fingerprint density at radius 1 is 0.377 bits per heavy atom. The highest BCUT2D eigenvalue weighted by Crippen LogP contribution is 2.17. The topological polar surface area (TPSA) is 78.9 Å². The fourth-order valence-electron chi connectivity index (χ4n) is 6.86. The van der Waals surface area contributed by atoms with Crippen molar-refractivity contribution in [2.24, 2.45) is 11.8 Å². The molecule has 0 aliphatic rings. The molecular weight excluding hydrogens is 661 g/mol. The van der Waals surface area contributed by atoms with E-state index in [0.717, 1.165) is 69.6 Å². The number of carbonyl (C=O) groups excluding carboxylic acids is 3. The van der Waals surface area contributed by atoms with Crippen LogP contribution in [0.15, 0.2) is 0 Å². The van der Waals surface area contributed by atoms with Crippen LogP contribution < -0.4 is 0 Å². The van der Waals surface area contributed by atoms with Gasteiger partial charge in [0.1, 0.15) is 13.2 Å². The van der Waals surface area contributed by atoms with Crippen molar-refractivity contribution in [2.75, 3.05) is 13.2 Å². The Kier molecular flexibility index (Phi) is 38.9. The molecule has 0 fully saturated rings. The predicted octanol–water partition coefficient (Wildman–Crippen LogP) is 14.6. The summed E-state index contributed by atoms with van der Waals surface area (Å²) in [6.45, 7) is 11.4. The fraction of sp³-hybridized carbons (Fsp3) is 0.936. The normalized spacial score (nSPS) is 13.1. The molecular formula is C47H90O6. The highest BCUT2D eigenvalue weighted by Gasteiger charge is 2.19. The van der Waals surface area contributed by atoms with Gasteiger partial charge in [-0.3, -0.25) is 14.4 Å². The van der Waals surface area contributed by atoms with E-state index >= 15 is 0 Å². The minimum Gasteiger partial charge on any atom is -0.462 e. The van der Waals surface area contributed by atoms with Crippen molar-refractivity contribution in [1.82, 2.24) is 0 Å². The first-order valence-electron chi connectivity index (χ1n) is 23.3. The summed E-state index contributed by atoms with van der Waals surface area (Å²) in [6, 6.07) is 0. The summed E-state index contributed by atoms with van der Waals surface area (Å²) in [7, 11) is 0. The Hall–Kier alpha value is -1.59. The van der Waals surface area contributed by atoms with Gasteiger partial charge in [0.05, 0.1) is 0 Å². The van der Waals surface area contributed by atoms with Gasteiger partial charge in [0.2, 0.25) is 0 Å². The number of hydrogen-bond donors (Lipinski definition) is 0. The van der Waals surface area contributed by atoms with Crippen LogP contribution in [0.3, 0.4) is 0 Å². The Morgan fingerprint density at radius 2 is 0.660 bits per heavy atom. The molecule has 3 atom stereocenters. The van der Waals surface area contributed by atoms with Gasteiger partial charge in [-0.25, -0.2) is 0 Å². The molecule has 2 unspecified atom stereocenters. The SMILES string of the molecule is CCCCCCCCCCCC(=O)OC[C@@H](COC(=O)CCCCCCCCCCCCC(C)CC)OC(=O)CCCCCCCCCCC(C)CC. The molecule has 314 valence electrons. The molecule has 0 saturated heterocycles. The fourth-order valence-corrected chi connectivity index (χ4v) is 6.86. The lowest BCUT2D eigenvalue weighted by atomic mass is 9.99. The Morgan fingerprint density at radius 3 is 0.981 bits per heavy atom. The molecule has 0 aromatic carbocycles. The molecule has 53 heavy (non-hydrogen) atoms. The molecule has 0 aromatic heterocycles. The van der Waals surface area contributed by atoms with E-state index in [2.05, 4.69) is 34.6 Å². The monoisotopic (exact) mass is 751 g/mol. The zero-order chi connectivity index (χ0) is 39.0. The highest BCUT2D eigenvalue weighted by molar-refractivity contribution is 5.71. The van der Waals surface area contributed by atoms with E-state index in [9.17, 15) is 14.4 Å². The first kappa shape index (κ1) is 51.4. The van der Waals surface area contributed by atoms with E-state index in [-0.39, 0.29) is 31.1 Å². The van der Waals surface area contributed by atoms with Gasteiger partial charge in [-0.15, -0.1) is 0 Å². The van der Waals surface area contributed by atoms with Gasteiger partial charge in [0.15, 0.2) is 6.10 Å². The summed E-state index contributed by atoms with van der Waals surface area (Å²) >= 11 is 0. The second kappa shape index (κ2) is 40.1. The van der Waals surface area contributed by atoms with E-state index in [4.69, 9.17) is 14.2 Å². The third-order valence-corrected chi connectivity index (χ3v) is 11.2. The summed E-state index contributed by atoms with van der Waals surface area (Å²) in [4.78, 5) is 37.7. The van der Waals surface area contributed by atoms with Gasteiger partial charge in [0, 0.05) is 19.3 Å². The van der Waals surface area contributed by atoms with Crippen LogP contribution in [0.25, 0.3) is 0 Å². The van der Waals surface area contributed by atoms with E-state index in [1.165, 1.54) is 141 Å². The van der Waals surface area contributed by atoms with Crippen LogP contribution in [0.2, 0.25) is 0 Å². The number of ether oxygens (including phenoxy) is 3. The molecule has 0 rings (SSSR count). The van der Waals surface area contributed by atoms with E-state index in [1.807, 2.05) is 0 Å². The third-order valence-electron chi connectivity index (χ3n) is 11.2. The lowest BCUT2D eigenvalue weighted by molar-refractivity contribution is -0.167. The predicted molar refractivity (Wildman–Crippen MR) is 224 cm³/mol. The second-order valence-corrected chi connectivity index (χ2v) is 16.5. The number of rotatable bonds is 41. The summed E-state index contributed by atoms with van der Waals surface area (Å²) in [6.07, 6.45) is 37.9. The van der Waals surface area contributed by atoms with Crippen LogP contribution in [0.1, 0.15) is 253 Å². The maximum atomic E-state index is 12.7. The molecule has 0 N–H and O–H groups in total. The Labute approximate surface area is 329 Å². The summed E-state index contributed by atoms with van der Waals surface area (Å²) in [5.41, 5.74) is 0. The average molecular weight is 751 g/mol. The molecule has 0 aromatic rings. The third kappa shape index (κ3) is 38.5. The van der Waals surface area contributed by atoms with E-state index in [0.29, 0.717) is 19.3 Å². The lowest BCUT2D eigenvalue weighted by Gasteiger charge is -2.18. The average Bonchev–Trinajstić information content (AvgIpc) is 3.15. The Bertz CT molecular complexity index is 813. The van der Waals surface area contributed by atoms with Crippen LogP contribution in [0.5, 0.6) is 0 Å². The molecule has 0 heterocycles. The smallest absolute Gasteiger partial charge is 0.306 e. The van der Waals surface area contributed by atoms with Crippen LogP contribution in [0, 0.1) is 11.8 Å². The van der Waals surface area contributed by atoms with Crippen LogP contribution >= 0.6 is 0 Å². The lowest BCUT2D eigenvalue weighted by Crippen LogP contribution is -2.30. The summed E-state index contributed by atoms with van der Waals surface area (Å²) in [5, 5.41) is 0. The Balaban J connectivity index is 4.33. The van der Waals surface area contributed by atoms with Gasteiger partial charge in [-0.2, -0.15) is 0 Å².